The molecule has 1 aromatic rings. The molecule has 1 aromatic carbocycles. The molecule has 1 heterocycles. The lowest BCUT2D eigenvalue weighted by Gasteiger charge is -2.16. The van der Waals surface area contributed by atoms with E-state index in [0.29, 0.717) is 22.7 Å². The van der Waals surface area contributed by atoms with Gasteiger partial charge in [0.15, 0.2) is 0 Å². The molecule has 0 radical (unpaired) electrons. The molecule has 22 heavy (non-hydrogen) atoms. The first kappa shape index (κ1) is 18.0. The summed E-state index contributed by atoms with van der Waals surface area (Å²) in [6, 6.07) is 1.69. The third-order valence-corrected chi connectivity index (χ3v) is 6.62. The maximum absolute atomic E-state index is 12.5. The van der Waals surface area contributed by atoms with Gasteiger partial charge < -0.3 is 4.90 Å². The van der Waals surface area contributed by atoms with Crippen LogP contribution in [0.25, 0.3) is 0 Å². The number of nitrogens with zero attached hydrogens (tertiary/aromatic N) is 1. The smallest absolute Gasteiger partial charge is 0.242 e. The fourth-order valence-corrected chi connectivity index (χ4v) is 5.00. The summed E-state index contributed by atoms with van der Waals surface area (Å²) in [5.41, 5.74) is 1.15. The third kappa shape index (κ3) is 4.15. The van der Waals surface area contributed by atoms with Gasteiger partial charge in [0.2, 0.25) is 10.0 Å². The summed E-state index contributed by atoms with van der Waals surface area (Å²) in [5, 5.41) is 0.660. The second-order valence-corrected chi connectivity index (χ2v) is 8.23. The molecule has 1 N–H and O–H groups in total. The molecule has 1 saturated heterocycles. The molecule has 1 aliphatic heterocycles. The van der Waals surface area contributed by atoms with Crippen molar-refractivity contribution in [2.75, 3.05) is 26.2 Å². The van der Waals surface area contributed by atoms with Gasteiger partial charge in [-0.05, 0) is 69.9 Å². The van der Waals surface area contributed by atoms with Crippen LogP contribution in [0.1, 0.15) is 30.4 Å². The molecule has 1 aliphatic rings. The predicted molar refractivity (Wildman–Crippen MR) is 91.4 cm³/mol. The number of benzene rings is 1. The van der Waals surface area contributed by atoms with Crippen LogP contribution in [0.5, 0.6) is 0 Å². The van der Waals surface area contributed by atoms with Crippen molar-refractivity contribution in [3.63, 3.8) is 0 Å². The largest absolute Gasteiger partial charge is 0.303 e. The molecule has 2 rings (SSSR count). The normalized spacial score (nSPS) is 16.4. The number of halogens is 2. The van der Waals surface area contributed by atoms with Gasteiger partial charge >= 0.3 is 0 Å². The van der Waals surface area contributed by atoms with Crippen LogP contribution in [-0.4, -0.2) is 39.5 Å². The maximum Gasteiger partial charge on any atom is 0.242 e. The van der Waals surface area contributed by atoms with E-state index in [1.165, 1.54) is 12.8 Å². The topological polar surface area (TPSA) is 49.4 Å². The Morgan fingerprint density at radius 1 is 1.23 bits per heavy atom. The van der Waals surface area contributed by atoms with Crippen molar-refractivity contribution < 1.29 is 8.42 Å². The standard InChI is InChI=1S/C15H22Cl2N2O2S/c1-11-10-13(16)12(2)15(14(11)17)22(20,21)18-6-5-9-19-7-3-4-8-19/h10,18H,3-9H2,1-2H3. The van der Waals surface area contributed by atoms with Crippen LogP contribution < -0.4 is 4.72 Å². The van der Waals surface area contributed by atoms with Crippen LogP contribution in [0.2, 0.25) is 10.0 Å². The molecule has 0 spiro atoms. The zero-order valence-corrected chi connectivity index (χ0v) is 15.3. The second kappa shape index (κ2) is 7.49. The van der Waals surface area contributed by atoms with Gasteiger partial charge in [-0.25, -0.2) is 13.1 Å². The summed E-state index contributed by atoms with van der Waals surface area (Å²) in [7, 11) is -3.65. The molecular weight excluding hydrogens is 343 g/mol. The molecule has 0 unspecified atom stereocenters. The van der Waals surface area contributed by atoms with Crippen molar-refractivity contribution in [3.8, 4) is 0 Å². The van der Waals surface area contributed by atoms with Gasteiger partial charge in [-0.1, -0.05) is 23.2 Å². The van der Waals surface area contributed by atoms with Crippen molar-refractivity contribution in [1.29, 1.82) is 0 Å². The average Bonchev–Trinajstić information content (AvgIpc) is 2.95. The van der Waals surface area contributed by atoms with E-state index < -0.39 is 10.0 Å². The Labute approximate surface area is 142 Å². The zero-order chi connectivity index (χ0) is 16.3. The molecule has 0 saturated carbocycles. The minimum Gasteiger partial charge on any atom is -0.303 e. The van der Waals surface area contributed by atoms with Crippen LogP contribution in [0.3, 0.4) is 0 Å². The Bertz CT molecular complexity index is 615. The third-order valence-electron chi connectivity index (χ3n) is 4.00. The Morgan fingerprint density at radius 2 is 1.86 bits per heavy atom. The summed E-state index contributed by atoms with van der Waals surface area (Å²) in [4.78, 5) is 2.45. The summed E-state index contributed by atoms with van der Waals surface area (Å²) in [6.07, 6.45) is 3.26. The molecule has 0 aliphatic carbocycles. The van der Waals surface area contributed by atoms with Crippen molar-refractivity contribution in [1.82, 2.24) is 9.62 Å². The fraction of sp³-hybridized carbons (Fsp3) is 0.600. The van der Waals surface area contributed by atoms with E-state index in [2.05, 4.69) is 9.62 Å². The zero-order valence-electron chi connectivity index (χ0n) is 13.0. The fourth-order valence-electron chi connectivity index (χ4n) is 2.72. The predicted octanol–water partition coefficient (Wildman–Crippen LogP) is 3.37. The van der Waals surface area contributed by atoms with Crippen LogP contribution >= 0.6 is 23.2 Å². The first-order valence-electron chi connectivity index (χ1n) is 7.50. The van der Waals surface area contributed by atoms with Crippen LogP contribution in [-0.2, 0) is 10.0 Å². The van der Waals surface area contributed by atoms with Gasteiger partial charge in [0, 0.05) is 11.6 Å². The highest BCUT2D eigenvalue weighted by atomic mass is 35.5. The highest BCUT2D eigenvalue weighted by Crippen LogP contribution is 2.33. The van der Waals surface area contributed by atoms with Gasteiger partial charge in [0.25, 0.3) is 0 Å². The molecule has 124 valence electrons. The summed E-state index contributed by atoms with van der Waals surface area (Å²) in [6.45, 7) is 6.98. The lowest BCUT2D eigenvalue weighted by Crippen LogP contribution is -2.29. The van der Waals surface area contributed by atoms with E-state index in [-0.39, 0.29) is 9.92 Å². The SMILES string of the molecule is Cc1cc(Cl)c(C)c(S(=O)(=O)NCCCN2CCCC2)c1Cl. The maximum atomic E-state index is 12.5. The monoisotopic (exact) mass is 364 g/mol. The lowest BCUT2D eigenvalue weighted by atomic mass is 10.2. The highest BCUT2D eigenvalue weighted by Gasteiger charge is 2.23. The number of rotatable bonds is 6. The Kier molecular flexibility index (Phi) is 6.14. The average molecular weight is 365 g/mol. The second-order valence-electron chi connectivity index (χ2n) is 5.74. The van der Waals surface area contributed by atoms with Crippen LogP contribution in [0.15, 0.2) is 11.0 Å². The summed E-state index contributed by atoms with van der Waals surface area (Å²) in [5.74, 6) is 0. The van der Waals surface area contributed by atoms with Crippen LogP contribution in [0.4, 0.5) is 0 Å². The van der Waals surface area contributed by atoms with E-state index in [4.69, 9.17) is 23.2 Å². The molecule has 4 nitrogen and oxygen atoms in total. The van der Waals surface area contributed by atoms with E-state index in [0.717, 1.165) is 26.1 Å². The number of sulfonamides is 1. The molecule has 0 bridgehead atoms. The summed E-state index contributed by atoms with van der Waals surface area (Å²) >= 11 is 12.3. The van der Waals surface area contributed by atoms with Crippen LogP contribution in [0, 0.1) is 13.8 Å². The molecule has 0 atom stereocenters. The molecule has 0 amide bonds. The number of hydrogen-bond acceptors (Lipinski definition) is 3. The van der Waals surface area contributed by atoms with Gasteiger partial charge in [0.05, 0.1) is 5.02 Å². The number of nitrogens with one attached hydrogen (secondary N) is 1. The first-order valence-corrected chi connectivity index (χ1v) is 9.74. The Balaban J connectivity index is 2.04. The van der Waals surface area contributed by atoms with Crippen molar-refractivity contribution in [3.05, 3.63) is 27.2 Å². The minimum atomic E-state index is -3.65. The van der Waals surface area contributed by atoms with Gasteiger partial charge in [-0.3, -0.25) is 0 Å². The van der Waals surface area contributed by atoms with Gasteiger partial charge in [-0.2, -0.15) is 0 Å². The Morgan fingerprint density at radius 3 is 2.50 bits per heavy atom. The van der Waals surface area contributed by atoms with Crippen molar-refractivity contribution in [2.45, 2.75) is 38.0 Å². The minimum absolute atomic E-state index is 0.0975. The number of likely N-dealkylation sites (tertiary alicyclic amines) is 1. The molecular formula is C15H22Cl2N2O2S. The van der Waals surface area contributed by atoms with Crippen molar-refractivity contribution >= 4 is 33.2 Å². The first-order chi connectivity index (χ1) is 10.3. The number of hydrogen-bond donors (Lipinski definition) is 1. The van der Waals surface area contributed by atoms with Crippen molar-refractivity contribution in [2.24, 2.45) is 0 Å². The Hall–Kier alpha value is -0.330. The molecule has 7 heteroatoms. The highest BCUT2D eigenvalue weighted by molar-refractivity contribution is 7.89. The molecule has 0 aromatic heterocycles. The van der Waals surface area contributed by atoms with Gasteiger partial charge in [-0.15, -0.1) is 0 Å². The lowest BCUT2D eigenvalue weighted by molar-refractivity contribution is 0.334. The van der Waals surface area contributed by atoms with E-state index in [9.17, 15) is 8.42 Å². The van der Waals surface area contributed by atoms with E-state index in [1.807, 2.05) is 0 Å². The quantitative estimate of drug-likeness (QED) is 0.787. The number of aryl methyl sites for hydroxylation is 1. The molecule has 1 fully saturated rings. The summed E-state index contributed by atoms with van der Waals surface area (Å²) < 4.78 is 27.7. The van der Waals surface area contributed by atoms with E-state index >= 15 is 0 Å². The van der Waals surface area contributed by atoms with Gasteiger partial charge in [0.1, 0.15) is 4.90 Å². The van der Waals surface area contributed by atoms with E-state index in [1.54, 1.807) is 19.9 Å².